The molecular weight excluding hydrogens is 396 g/mol. The molecule has 1 fully saturated rings. The van der Waals surface area contributed by atoms with E-state index in [4.69, 9.17) is 9.47 Å². The van der Waals surface area contributed by atoms with Crippen molar-refractivity contribution < 1.29 is 9.47 Å². The number of fused-ring (bicyclic) bond motifs is 2. The van der Waals surface area contributed by atoms with Gasteiger partial charge < -0.3 is 14.0 Å². The minimum absolute atomic E-state index is 0.0841. The van der Waals surface area contributed by atoms with Crippen LogP contribution in [-0.4, -0.2) is 69.0 Å². The van der Waals surface area contributed by atoms with Crippen molar-refractivity contribution in [3.63, 3.8) is 0 Å². The van der Waals surface area contributed by atoms with Gasteiger partial charge in [0.15, 0.2) is 0 Å². The van der Waals surface area contributed by atoms with Crippen LogP contribution in [0.5, 0.6) is 5.75 Å². The molecule has 0 bridgehead atoms. The van der Waals surface area contributed by atoms with Crippen LogP contribution >= 0.6 is 0 Å². The predicted octanol–water partition coefficient (Wildman–Crippen LogP) is 1.76. The topological polar surface area (TPSA) is 86.8 Å². The van der Waals surface area contributed by atoms with E-state index in [0.717, 1.165) is 44.2 Å². The van der Waals surface area contributed by atoms with Gasteiger partial charge >= 0.3 is 0 Å². The summed E-state index contributed by atoms with van der Waals surface area (Å²) in [6.45, 7) is 6.47. The lowest BCUT2D eigenvalue weighted by atomic mass is 10.1. The molecule has 0 N–H and O–H groups in total. The van der Waals surface area contributed by atoms with E-state index in [9.17, 15) is 4.79 Å². The molecule has 0 atom stereocenters. The van der Waals surface area contributed by atoms with Gasteiger partial charge in [0, 0.05) is 37.9 Å². The molecule has 0 unspecified atom stereocenters. The maximum Gasteiger partial charge on any atom is 0.262 e. The Morgan fingerprint density at radius 2 is 1.84 bits per heavy atom. The van der Waals surface area contributed by atoms with E-state index in [-0.39, 0.29) is 5.56 Å². The summed E-state index contributed by atoms with van der Waals surface area (Å²) >= 11 is 0. The Hall–Kier alpha value is -3.30. The zero-order valence-corrected chi connectivity index (χ0v) is 17.6. The van der Waals surface area contributed by atoms with Crippen LogP contribution in [0.2, 0.25) is 0 Å². The zero-order valence-electron chi connectivity index (χ0n) is 17.6. The van der Waals surface area contributed by atoms with Crippen molar-refractivity contribution in [2.45, 2.75) is 13.5 Å². The van der Waals surface area contributed by atoms with Crippen molar-refractivity contribution in [2.24, 2.45) is 0 Å². The number of aromatic nitrogens is 5. The third-order valence-corrected chi connectivity index (χ3v) is 5.63. The smallest absolute Gasteiger partial charge is 0.262 e. The maximum absolute atomic E-state index is 13.6. The van der Waals surface area contributed by atoms with Gasteiger partial charge in [-0.15, -0.1) is 5.10 Å². The first-order chi connectivity index (χ1) is 15.1. The fraction of sp³-hybridized carbons (Fsp3) is 0.364. The van der Waals surface area contributed by atoms with Crippen molar-refractivity contribution in [2.75, 3.05) is 40.0 Å². The van der Waals surface area contributed by atoms with Gasteiger partial charge in [-0.2, -0.15) is 9.50 Å². The van der Waals surface area contributed by atoms with Gasteiger partial charge in [0.25, 0.3) is 11.3 Å². The number of nitrogens with zero attached hydrogens (tertiary/aromatic N) is 6. The Bertz CT molecular complexity index is 1290. The Labute approximate surface area is 178 Å². The second kappa shape index (κ2) is 8.09. The molecular formula is C22H24N6O3. The van der Waals surface area contributed by atoms with Gasteiger partial charge in [-0.3, -0.25) is 9.69 Å². The quantitative estimate of drug-likeness (QED) is 0.486. The van der Waals surface area contributed by atoms with E-state index in [1.165, 1.54) is 0 Å². The number of hydrogen-bond donors (Lipinski definition) is 0. The van der Waals surface area contributed by atoms with Crippen molar-refractivity contribution in [1.29, 1.82) is 0 Å². The third-order valence-electron chi connectivity index (χ3n) is 5.63. The first-order valence-corrected chi connectivity index (χ1v) is 10.3. The number of hydrogen-bond acceptors (Lipinski definition) is 7. The Morgan fingerprint density at radius 1 is 1.06 bits per heavy atom. The molecule has 4 heterocycles. The van der Waals surface area contributed by atoms with E-state index in [0.29, 0.717) is 34.7 Å². The van der Waals surface area contributed by atoms with Gasteiger partial charge in [0.05, 0.1) is 36.9 Å². The van der Waals surface area contributed by atoms with E-state index < -0.39 is 0 Å². The van der Waals surface area contributed by atoms with Crippen LogP contribution in [0.3, 0.4) is 0 Å². The molecule has 9 heteroatoms. The molecule has 1 aliphatic rings. The average molecular weight is 420 g/mol. The average Bonchev–Trinajstić information content (AvgIpc) is 3.17. The van der Waals surface area contributed by atoms with Crippen molar-refractivity contribution in [3.05, 3.63) is 52.7 Å². The summed E-state index contributed by atoms with van der Waals surface area (Å²) in [7, 11) is 1.63. The molecule has 4 aromatic rings. The number of methoxy groups -OCH3 is 1. The van der Waals surface area contributed by atoms with Crippen molar-refractivity contribution in [1.82, 2.24) is 29.0 Å². The summed E-state index contributed by atoms with van der Waals surface area (Å²) in [6.07, 6.45) is 1.82. The first kappa shape index (κ1) is 19.7. The molecule has 1 aliphatic heterocycles. The predicted molar refractivity (Wildman–Crippen MR) is 117 cm³/mol. The molecule has 5 rings (SSSR count). The highest BCUT2D eigenvalue weighted by Gasteiger charge is 2.18. The van der Waals surface area contributed by atoms with Crippen LogP contribution in [0.1, 0.15) is 5.82 Å². The Balaban J connectivity index is 1.65. The number of ether oxygens (including phenoxy) is 2. The monoisotopic (exact) mass is 420 g/mol. The summed E-state index contributed by atoms with van der Waals surface area (Å²) in [5.41, 5.74) is 2.07. The van der Waals surface area contributed by atoms with E-state index >= 15 is 0 Å². The molecule has 9 nitrogen and oxygen atoms in total. The SMILES string of the molecule is COc1ccc(-c2c3c(=O)n(CCN4CCOCC4)ccc3nc3nc(C)nn23)cc1. The summed E-state index contributed by atoms with van der Waals surface area (Å²) in [5, 5.41) is 5.05. The summed E-state index contributed by atoms with van der Waals surface area (Å²) in [5.74, 6) is 1.82. The minimum Gasteiger partial charge on any atom is -0.497 e. The Kier molecular flexibility index (Phi) is 5.13. The van der Waals surface area contributed by atoms with Crippen LogP contribution in [0, 0.1) is 6.92 Å². The molecule has 0 amide bonds. The van der Waals surface area contributed by atoms with Crippen molar-refractivity contribution in [3.8, 4) is 17.0 Å². The lowest BCUT2D eigenvalue weighted by molar-refractivity contribution is 0.0363. The number of pyridine rings is 1. The molecule has 3 aromatic heterocycles. The molecule has 160 valence electrons. The third kappa shape index (κ3) is 3.66. The minimum atomic E-state index is -0.0841. The van der Waals surface area contributed by atoms with Crippen LogP contribution < -0.4 is 10.3 Å². The number of rotatable bonds is 5. The first-order valence-electron chi connectivity index (χ1n) is 10.3. The normalized spacial score (nSPS) is 15.0. The van der Waals surface area contributed by atoms with Crippen LogP contribution in [-0.2, 0) is 11.3 Å². The number of morpholine rings is 1. The van der Waals surface area contributed by atoms with E-state index in [1.54, 1.807) is 16.2 Å². The molecule has 0 radical (unpaired) electrons. The summed E-state index contributed by atoms with van der Waals surface area (Å²) < 4.78 is 14.1. The lowest BCUT2D eigenvalue weighted by Gasteiger charge is -2.26. The molecule has 31 heavy (non-hydrogen) atoms. The fourth-order valence-corrected chi connectivity index (χ4v) is 3.99. The van der Waals surface area contributed by atoms with Crippen LogP contribution in [0.25, 0.3) is 27.9 Å². The Morgan fingerprint density at radius 3 is 2.58 bits per heavy atom. The van der Waals surface area contributed by atoms with E-state index in [1.807, 2.05) is 43.5 Å². The van der Waals surface area contributed by atoms with E-state index in [2.05, 4.69) is 20.0 Å². The standard InChI is InChI=1S/C22H24N6O3/c1-15-23-22-24-18-7-8-27(10-9-26-11-13-31-14-12-26)21(29)19(18)20(28(22)25-15)16-3-5-17(30-2)6-4-16/h3-8H,9-14H2,1-2H3. The largest absolute Gasteiger partial charge is 0.497 e. The van der Waals surface area contributed by atoms with Gasteiger partial charge in [-0.05, 0) is 37.3 Å². The van der Waals surface area contributed by atoms with Crippen molar-refractivity contribution >= 4 is 16.7 Å². The molecule has 1 aromatic carbocycles. The summed E-state index contributed by atoms with van der Waals surface area (Å²) in [6, 6.07) is 9.48. The van der Waals surface area contributed by atoms with Crippen LogP contribution in [0.4, 0.5) is 0 Å². The second-order valence-electron chi connectivity index (χ2n) is 7.59. The second-order valence-corrected chi connectivity index (χ2v) is 7.59. The lowest BCUT2D eigenvalue weighted by Crippen LogP contribution is -2.39. The fourth-order valence-electron chi connectivity index (χ4n) is 3.99. The van der Waals surface area contributed by atoms with Gasteiger partial charge in [0.1, 0.15) is 11.6 Å². The number of benzene rings is 1. The molecule has 1 saturated heterocycles. The van der Waals surface area contributed by atoms with Crippen LogP contribution in [0.15, 0.2) is 41.3 Å². The number of aryl methyl sites for hydroxylation is 1. The van der Waals surface area contributed by atoms with Gasteiger partial charge in [-0.1, -0.05) is 0 Å². The maximum atomic E-state index is 13.6. The van der Waals surface area contributed by atoms with Gasteiger partial charge in [-0.25, -0.2) is 4.98 Å². The molecule has 0 spiro atoms. The highest BCUT2D eigenvalue weighted by molar-refractivity contribution is 5.93. The highest BCUT2D eigenvalue weighted by Crippen LogP contribution is 2.27. The highest BCUT2D eigenvalue weighted by atomic mass is 16.5. The summed E-state index contributed by atoms with van der Waals surface area (Å²) in [4.78, 5) is 24.9. The zero-order chi connectivity index (χ0) is 21.4. The van der Waals surface area contributed by atoms with Gasteiger partial charge in [0.2, 0.25) is 0 Å². The molecule has 0 aliphatic carbocycles. The molecule has 0 saturated carbocycles.